The minimum Gasteiger partial charge on any atom is -0.385 e. The monoisotopic (exact) mass is 248 g/mol. The van der Waals surface area contributed by atoms with Gasteiger partial charge in [-0.1, -0.05) is 13.0 Å². The maximum Gasteiger partial charge on any atom is 0.0482 e. The molecule has 1 aromatic heterocycles. The Kier molecular flexibility index (Phi) is 5.14. The minimum absolute atomic E-state index is 0.543. The van der Waals surface area contributed by atoms with E-state index in [0.717, 1.165) is 19.6 Å². The van der Waals surface area contributed by atoms with E-state index < -0.39 is 0 Å². The first-order valence-electron chi connectivity index (χ1n) is 7.03. The number of aromatic nitrogens is 1. The van der Waals surface area contributed by atoms with Crippen molar-refractivity contribution in [2.24, 2.45) is 0 Å². The highest BCUT2D eigenvalue weighted by Crippen LogP contribution is 2.35. The van der Waals surface area contributed by atoms with E-state index in [4.69, 9.17) is 4.74 Å². The van der Waals surface area contributed by atoms with Gasteiger partial charge in [0.25, 0.3) is 0 Å². The van der Waals surface area contributed by atoms with Crippen molar-refractivity contribution in [2.75, 3.05) is 20.3 Å². The van der Waals surface area contributed by atoms with Gasteiger partial charge >= 0.3 is 0 Å². The van der Waals surface area contributed by atoms with E-state index in [1.54, 1.807) is 7.11 Å². The first kappa shape index (κ1) is 13.5. The molecule has 2 unspecified atom stereocenters. The fourth-order valence-corrected chi connectivity index (χ4v) is 2.99. The summed E-state index contributed by atoms with van der Waals surface area (Å²) < 4.78 is 5.16. The second kappa shape index (κ2) is 6.86. The van der Waals surface area contributed by atoms with Crippen molar-refractivity contribution in [3.8, 4) is 0 Å². The molecule has 0 saturated heterocycles. The maximum atomic E-state index is 5.16. The number of likely N-dealkylation sites (N-methyl/N-ethyl adjacent to an activating group) is 1. The lowest BCUT2D eigenvalue weighted by atomic mass is 9.93. The molecule has 0 bridgehead atoms. The van der Waals surface area contributed by atoms with Crippen LogP contribution in [-0.2, 0) is 11.2 Å². The van der Waals surface area contributed by atoms with Gasteiger partial charge in [-0.3, -0.25) is 4.98 Å². The Labute approximate surface area is 110 Å². The summed E-state index contributed by atoms with van der Waals surface area (Å²) in [7, 11) is 1.77. The van der Waals surface area contributed by atoms with Crippen LogP contribution in [-0.4, -0.2) is 31.3 Å². The summed E-state index contributed by atoms with van der Waals surface area (Å²) in [5.41, 5.74) is 2.76. The molecule has 2 rings (SSSR count). The van der Waals surface area contributed by atoms with Crippen LogP contribution in [0.2, 0.25) is 0 Å². The number of hydrogen-bond donors (Lipinski definition) is 1. The standard InChI is InChI=1S/C15H24N2O/c1-3-16-14(7-5-11-18-2)13-9-8-12-6-4-10-17-15(12)13/h4,6,10,13-14,16H,3,5,7-9,11H2,1-2H3. The number of pyridine rings is 1. The van der Waals surface area contributed by atoms with Crippen molar-refractivity contribution in [3.63, 3.8) is 0 Å². The molecule has 2 atom stereocenters. The molecule has 3 heteroatoms. The zero-order valence-electron chi connectivity index (χ0n) is 11.5. The second-order valence-corrected chi connectivity index (χ2v) is 4.99. The van der Waals surface area contributed by atoms with Crippen molar-refractivity contribution in [1.82, 2.24) is 10.3 Å². The van der Waals surface area contributed by atoms with E-state index in [9.17, 15) is 0 Å². The zero-order valence-corrected chi connectivity index (χ0v) is 11.5. The number of methoxy groups -OCH3 is 1. The molecule has 0 fully saturated rings. The number of hydrogen-bond acceptors (Lipinski definition) is 3. The minimum atomic E-state index is 0.543. The first-order valence-corrected chi connectivity index (χ1v) is 7.03. The Morgan fingerprint density at radius 3 is 3.22 bits per heavy atom. The van der Waals surface area contributed by atoms with E-state index >= 15 is 0 Å². The number of nitrogens with one attached hydrogen (secondary N) is 1. The summed E-state index contributed by atoms with van der Waals surface area (Å²) in [6.45, 7) is 4.05. The molecule has 0 aromatic carbocycles. The fraction of sp³-hybridized carbons (Fsp3) is 0.667. The quantitative estimate of drug-likeness (QED) is 0.753. The van der Waals surface area contributed by atoms with Crippen LogP contribution in [0.5, 0.6) is 0 Å². The van der Waals surface area contributed by atoms with Gasteiger partial charge in [0, 0.05) is 37.6 Å². The largest absolute Gasteiger partial charge is 0.385 e. The van der Waals surface area contributed by atoms with Gasteiger partial charge in [-0.05, 0) is 43.9 Å². The summed E-state index contributed by atoms with van der Waals surface area (Å²) in [5, 5.41) is 3.63. The molecular formula is C15H24N2O. The SMILES string of the molecule is CCNC(CCCOC)C1CCc2cccnc21. The van der Waals surface area contributed by atoms with E-state index in [-0.39, 0.29) is 0 Å². The van der Waals surface area contributed by atoms with Crippen LogP contribution in [0.4, 0.5) is 0 Å². The molecular weight excluding hydrogens is 224 g/mol. The molecule has 1 N–H and O–H groups in total. The number of fused-ring (bicyclic) bond motifs is 1. The van der Waals surface area contributed by atoms with Gasteiger partial charge in [0.2, 0.25) is 0 Å². The highest BCUT2D eigenvalue weighted by atomic mass is 16.5. The van der Waals surface area contributed by atoms with Gasteiger partial charge in [0.05, 0.1) is 0 Å². The third-order valence-electron chi connectivity index (χ3n) is 3.82. The third kappa shape index (κ3) is 3.09. The molecule has 100 valence electrons. The van der Waals surface area contributed by atoms with Crippen LogP contribution in [0.1, 0.15) is 43.4 Å². The predicted molar refractivity (Wildman–Crippen MR) is 73.9 cm³/mol. The number of nitrogens with zero attached hydrogens (tertiary/aromatic N) is 1. The van der Waals surface area contributed by atoms with Crippen LogP contribution in [0.25, 0.3) is 0 Å². The summed E-state index contributed by atoms with van der Waals surface area (Å²) in [6.07, 6.45) is 6.63. The molecule has 0 spiro atoms. The highest BCUT2D eigenvalue weighted by molar-refractivity contribution is 5.29. The Bertz CT molecular complexity index is 367. The molecule has 3 nitrogen and oxygen atoms in total. The average molecular weight is 248 g/mol. The summed E-state index contributed by atoms with van der Waals surface area (Å²) in [6, 6.07) is 4.82. The van der Waals surface area contributed by atoms with Gasteiger partial charge in [-0.25, -0.2) is 0 Å². The lowest BCUT2D eigenvalue weighted by Gasteiger charge is -2.24. The van der Waals surface area contributed by atoms with E-state index in [2.05, 4.69) is 23.3 Å². The zero-order chi connectivity index (χ0) is 12.8. The highest BCUT2D eigenvalue weighted by Gasteiger charge is 2.29. The van der Waals surface area contributed by atoms with Crippen molar-refractivity contribution in [1.29, 1.82) is 0 Å². The van der Waals surface area contributed by atoms with Crippen molar-refractivity contribution in [2.45, 2.75) is 44.6 Å². The summed E-state index contributed by atoms with van der Waals surface area (Å²) in [5.74, 6) is 0.581. The number of rotatable bonds is 7. The van der Waals surface area contributed by atoms with Gasteiger partial charge in [-0.2, -0.15) is 0 Å². The van der Waals surface area contributed by atoms with Gasteiger partial charge in [-0.15, -0.1) is 0 Å². The third-order valence-corrected chi connectivity index (χ3v) is 3.82. The molecule has 0 radical (unpaired) electrons. The smallest absolute Gasteiger partial charge is 0.0482 e. The normalized spacial score (nSPS) is 19.8. The molecule has 1 heterocycles. The maximum absolute atomic E-state index is 5.16. The van der Waals surface area contributed by atoms with Gasteiger partial charge in [0.15, 0.2) is 0 Å². The van der Waals surface area contributed by atoms with Gasteiger partial charge < -0.3 is 10.1 Å². The van der Waals surface area contributed by atoms with Crippen molar-refractivity contribution < 1.29 is 4.74 Å². The average Bonchev–Trinajstić information content (AvgIpc) is 2.82. The Hall–Kier alpha value is -0.930. The van der Waals surface area contributed by atoms with Crippen LogP contribution in [0.15, 0.2) is 18.3 Å². The van der Waals surface area contributed by atoms with E-state index in [1.165, 1.54) is 30.5 Å². The molecule has 1 aliphatic carbocycles. The summed E-state index contributed by atoms with van der Waals surface area (Å²) in [4.78, 5) is 4.60. The Morgan fingerprint density at radius 1 is 1.56 bits per heavy atom. The summed E-state index contributed by atoms with van der Waals surface area (Å²) >= 11 is 0. The predicted octanol–water partition coefficient (Wildman–Crippen LogP) is 2.52. The van der Waals surface area contributed by atoms with Crippen molar-refractivity contribution >= 4 is 0 Å². The van der Waals surface area contributed by atoms with Crippen molar-refractivity contribution in [3.05, 3.63) is 29.6 Å². The molecule has 1 aromatic rings. The lowest BCUT2D eigenvalue weighted by Crippen LogP contribution is -2.34. The van der Waals surface area contributed by atoms with Crippen LogP contribution in [0.3, 0.4) is 0 Å². The lowest BCUT2D eigenvalue weighted by molar-refractivity contribution is 0.186. The number of ether oxygens (including phenoxy) is 1. The topological polar surface area (TPSA) is 34.1 Å². The first-order chi connectivity index (χ1) is 8.86. The second-order valence-electron chi connectivity index (χ2n) is 4.99. The fourth-order valence-electron chi connectivity index (χ4n) is 2.99. The molecule has 18 heavy (non-hydrogen) atoms. The molecule has 0 amide bonds. The molecule has 0 aliphatic heterocycles. The van der Waals surface area contributed by atoms with Crippen LogP contribution >= 0.6 is 0 Å². The molecule has 0 saturated carbocycles. The van der Waals surface area contributed by atoms with E-state index in [0.29, 0.717) is 12.0 Å². The van der Waals surface area contributed by atoms with Crippen LogP contribution in [0, 0.1) is 0 Å². The van der Waals surface area contributed by atoms with E-state index in [1.807, 2.05) is 12.3 Å². The number of aryl methyl sites for hydroxylation is 1. The van der Waals surface area contributed by atoms with Crippen LogP contribution < -0.4 is 5.32 Å². The Balaban J connectivity index is 2.03. The molecule has 1 aliphatic rings. The van der Waals surface area contributed by atoms with Gasteiger partial charge in [0.1, 0.15) is 0 Å². The Morgan fingerprint density at radius 2 is 2.44 bits per heavy atom.